The number of halogens is 2. The number of aryl methyl sites for hydroxylation is 1. The first-order chi connectivity index (χ1) is 21.7. The van der Waals surface area contributed by atoms with Crippen LogP contribution in [0.4, 0.5) is 0 Å². The van der Waals surface area contributed by atoms with Crippen LogP contribution in [0.15, 0.2) is 97.1 Å². The van der Waals surface area contributed by atoms with Gasteiger partial charge in [-0.2, -0.15) is 5.10 Å². The molecule has 0 aliphatic heterocycles. The Morgan fingerprint density at radius 1 is 0.756 bits per heavy atom. The van der Waals surface area contributed by atoms with E-state index in [0.717, 1.165) is 39.2 Å². The summed E-state index contributed by atoms with van der Waals surface area (Å²) in [5.41, 5.74) is 8.30. The summed E-state index contributed by atoms with van der Waals surface area (Å²) in [5, 5.41) is 17.4. The Hall–Kier alpha value is -4.39. The number of hydrogen-bond donors (Lipinski definition) is 2. The fourth-order valence-corrected chi connectivity index (χ4v) is 5.06. The van der Waals surface area contributed by atoms with Crippen molar-refractivity contribution >= 4 is 35.1 Å². The fourth-order valence-electron chi connectivity index (χ4n) is 4.54. The highest BCUT2D eigenvalue weighted by atomic mass is 35.5. The van der Waals surface area contributed by atoms with Crippen LogP contribution in [-0.4, -0.2) is 33.3 Å². The molecule has 0 unspecified atom stereocenters. The lowest BCUT2D eigenvalue weighted by Gasteiger charge is -2.10. The molecule has 0 aliphatic carbocycles. The van der Waals surface area contributed by atoms with Crippen molar-refractivity contribution < 1.29 is 14.7 Å². The minimum Gasteiger partial charge on any atom is -0.481 e. The van der Waals surface area contributed by atoms with Gasteiger partial charge in [0.25, 0.3) is 5.91 Å². The summed E-state index contributed by atoms with van der Waals surface area (Å²) in [6.45, 7) is 10.6. The molecule has 45 heavy (non-hydrogen) atoms. The van der Waals surface area contributed by atoms with Crippen LogP contribution < -0.4 is 5.32 Å². The van der Waals surface area contributed by atoms with E-state index in [1.54, 1.807) is 18.2 Å². The average Bonchev–Trinajstić information content (AvgIpc) is 3.47. The van der Waals surface area contributed by atoms with E-state index in [0.29, 0.717) is 22.2 Å². The van der Waals surface area contributed by atoms with E-state index >= 15 is 0 Å². The van der Waals surface area contributed by atoms with Crippen molar-refractivity contribution in [3.8, 4) is 33.6 Å². The summed E-state index contributed by atoms with van der Waals surface area (Å²) < 4.78 is 1.93. The Kier molecular flexibility index (Phi) is 13.4. The van der Waals surface area contributed by atoms with Crippen molar-refractivity contribution in [1.82, 2.24) is 15.1 Å². The molecule has 0 radical (unpaired) electrons. The second kappa shape index (κ2) is 17.2. The number of aromatic nitrogens is 2. The van der Waals surface area contributed by atoms with Crippen LogP contribution in [0.5, 0.6) is 0 Å². The maximum absolute atomic E-state index is 12.4. The second-order valence-corrected chi connectivity index (χ2v) is 10.6. The molecule has 1 aromatic heterocycles. The normalized spacial score (nSPS) is 10.2. The third-order valence-corrected chi connectivity index (χ3v) is 7.09. The summed E-state index contributed by atoms with van der Waals surface area (Å²) in [6.07, 6.45) is -0.128. The van der Waals surface area contributed by atoms with Crippen LogP contribution in [0.1, 0.15) is 55.6 Å². The lowest BCUT2D eigenvalue weighted by molar-refractivity contribution is -0.136. The third kappa shape index (κ3) is 9.80. The summed E-state index contributed by atoms with van der Waals surface area (Å²) in [5.74, 6) is -1.27. The van der Waals surface area contributed by atoms with E-state index < -0.39 is 5.97 Å². The third-order valence-electron chi connectivity index (χ3n) is 6.65. The molecule has 4 aromatic carbocycles. The number of carbonyl (C=O) groups is 2. The quantitative estimate of drug-likeness (QED) is 0.167. The number of benzene rings is 4. The summed E-state index contributed by atoms with van der Waals surface area (Å²) in [6, 6.07) is 31.4. The number of carboxylic acids is 1. The van der Waals surface area contributed by atoms with E-state index in [2.05, 4.69) is 54.7 Å². The van der Waals surface area contributed by atoms with Gasteiger partial charge in [0.2, 0.25) is 0 Å². The van der Waals surface area contributed by atoms with Gasteiger partial charge in [0, 0.05) is 33.3 Å². The number of amides is 1. The Morgan fingerprint density at radius 2 is 1.38 bits per heavy atom. The van der Waals surface area contributed by atoms with Gasteiger partial charge in [-0.3, -0.25) is 14.3 Å². The first-order valence-electron chi connectivity index (χ1n) is 15.1. The van der Waals surface area contributed by atoms with Crippen LogP contribution >= 0.6 is 23.2 Å². The van der Waals surface area contributed by atoms with Crippen LogP contribution in [0.2, 0.25) is 10.0 Å². The molecule has 234 valence electrons. The van der Waals surface area contributed by atoms with Crippen molar-refractivity contribution in [2.24, 2.45) is 0 Å². The number of nitrogens with zero attached hydrogens (tertiary/aromatic N) is 2. The average molecular weight is 645 g/mol. The highest BCUT2D eigenvalue weighted by molar-refractivity contribution is 6.35. The predicted molar refractivity (Wildman–Crippen MR) is 186 cm³/mol. The van der Waals surface area contributed by atoms with Crippen LogP contribution in [-0.2, 0) is 11.3 Å². The summed E-state index contributed by atoms with van der Waals surface area (Å²) in [4.78, 5) is 23.1. The molecule has 0 fully saturated rings. The Balaban J connectivity index is 0.00000133. The molecule has 0 bridgehead atoms. The number of carboxylic acid groups (broad SMARTS) is 1. The highest BCUT2D eigenvalue weighted by Gasteiger charge is 2.15. The van der Waals surface area contributed by atoms with Gasteiger partial charge in [0.15, 0.2) is 0 Å². The Morgan fingerprint density at radius 3 is 2.00 bits per heavy atom. The van der Waals surface area contributed by atoms with Crippen molar-refractivity contribution in [1.29, 1.82) is 0 Å². The second-order valence-electron chi connectivity index (χ2n) is 9.77. The molecular formula is C37H39Cl2N3O3. The Bertz CT molecular complexity index is 1690. The van der Waals surface area contributed by atoms with Gasteiger partial charge in [-0.15, -0.1) is 0 Å². The molecule has 1 heterocycles. The predicted octanol–water partition coefficient (Wildman–Crippen LogP) is 9.80. The van der Waals surface area contributed by atoms with Crippen molar-refractivity contribution in [3.05, 3.63) is 124 Å². The molecule has 0 saturated carbocycles. The van der Waals surface area contributed by atoms with Crippen molar-refractivity contribution in [2.75, 3.05) is 6.54 Å². The zero-order valence-electron chi connectivity index (χ0n) is 26.3. The standard InChI is InChI=1S/C33H27Cl2N3O3.2C2H6/c1-21-5-9-23(10-6-21)25-3-2-4-26(15-25)31-19-30(27-16-28(34)18-29(35)17-27)37-38(31)20-22-7-11-24(12-8-22)33(41)36-14-13-32(39)40;2*1-2/h2-12,15-19H,13-14,20H2,1H3,(H,36,41)(H,39,40);2*1-2H3. The van der Waals surface area contributed by atoms with E-state index in [9.17, 15) is 9.59 Å². The number of carbonyl (C=O) groups excluding carboxylic acids is 1. The van der Waals surface area contributed by atoms with Crippen LogP contribution in [0.3, 0.4) is 0 Å². The maximum atomic E-state index is 12.4. The van der Waals surface area contributed by atoms with E-state index in [1.165, 1.54) is 5.56 Å². The number of hydrogen-bond acceptors (Lipinski definition) is 3. The van der Waals surface area contributed by atoms with Crippen LogP contribution in [0, 0.1) is 6.92 Å². The van der Waals surface area contributed by atoms with E-state index in [1.807, 2.05) is 68.8 Å². The zero-order valence-corrected chi connectivity index (χ0v) is 27.8. The molecule has 6 nitrogen and oxygen atoms in total. The van der Waals surface area contributed by atoms with Gasteiger partial charge in [-0.25, -0.2) is 0 Å². The SMILES string of the molecule is CC.CC.Cc1ccc(-c2cccc(-c3cc(-c4cc(Cl)cc(Cl)c4)nn3Cc3ccc(C(=O)NCCC(=O)O)cc3)c2)cc1. The van der Waals surface area contributed by atoms with Gasteiger partial charge >= 0.3 is 5.97 Å². The number of rotatable bonds is 9. The minimum atomic E-state index is -0.959. The largest absolute Gasteiger partial charge is 0.481 e. The molecule has 2 N–H and O–H groups in total. The molecule has 0 aliphatic rings. The highest BCUT2D eigenvalue weighted by Crippen LogP contribution is 2.32. The van der Waals surface area contributed by atoms with Crippen molar-refractivity contribution in [3.63, 3.8) is 0 Å². The summed E-state index contributed by atoms with van der Waals surface area (Å²) in [7, 11) is 0. The molecular weight excluding hydrogens is 605 g/mol. The first kappa shape index (κ1) is 35.1. The monoisotopic (exact) mass is 643 g/mol. The smallest absolute Gasteiger partial charge is 0.305 e. The molecule has 0 spiro atoms. The van der Waals surface area contributed by atoms with Gasteiger partial charge in [0.05, 0.1) is 24.4 Å². The lowest BCUT2D eigenvalue weighted by atomic mass is 10.0. The summed E-state index contributed by atoms with van der Waals surface area (Å²) >= 11 is 12.6. The molecule has 5 aromatic rings. The Labute approximate surface area is 275 Å². The van der Waals surface area contributed by atoms with Crippen molar-refractivity contribution in [2.45, 2.75) is 47.6 Å². The van der Waals surface area contributed by atoms with Gasteiger partial charge in [0.1, 0.15) is 0 Å². The minimum absolute atomic E-state index is 0.0739. The zero-order chi connectivity index (χ0) is 32.9. The molecule has 0 saturated heterocycles. The van der Waals surface area contributed by atoms with E-state index in [-0.39, 0.29) is 18.9 Å². The van der Waals surface area contributed by atoms with Crippen LogP contribution in [0.25, 0.3) is 33.6 Å². The molecule has 1 amide bonds. The van der Waals surface area contributed by atoms with Gasteiger partial charge in [-0.1, -0.05) is 111 Å². The number of nitrogens with one attached hydrogen (secondary N) is 1. The fraction of sp³-hybridized carbons (Fsp3) is 0.216. The molecule has 8 heteroatoms. The maximum Gasteiger partial charge on any atom is 0.305 e. The topological polar surface area (TPSA) is 84.2 Å². The van der Waals surface area contributed by atoms with Gasteiger partial charge in [-0.05, 0) is 66.1 Å². The lowest BCUT2D eigenvalue weighted by Crippen LogP contribution is -2.25. The first-order valence-corrected chi connectivity index (χ1v) is 15.8. The molecule has 5 rings (SSSR count). The molecule has 0 atom stereocenters. The van der Waals surface area contributed by atoms with E-state index in [4.69, 9.17) is 33.4 Å². The van der Waals surface area contributed by atoms with Gasteiger partial charge < -0.3 is 10.4 Å². The number of aliphatic carboxylic acids is 1.